The molecule has 0 radical (unpaired) electrons. The Balaban J connectivity index is 1.30. The average Bonchev–Trinajstić information content (AvgIpc) is 3.33. The van der Waals surface area contributed by atoms with Gasteiger partial charge in [-0.1, -0.05) is 61.0 Å². The van der Waals surface area contributed by atoms with Crippen molar-refractivity contribution in [3.63, 3.8) is 0 Å². The van der Waals surface area contributed by atoms with Crippen molar-refractivity contribution in [2.45, 2.75) is 95.7 Å². The lowest BCUT2D eigenvalue weighted by atomic mass is 9.64. The number of likely N-dealkylation sites (tertiary alicyclic amines) is 1. The molecule has 2 bridgehead atoms. The van der Waals surface area contributed by atoms with E-state index in [4.69, 9.17) is 4.74 Å². The molecule has 250 valence electrons. The molecule has 0 spiro atoms. The number of hydrogen-bond acceptors (Lipinski definition) is 5. The number of carbonyl (C=O) groups is 1. The summed E-state index contributed by atoms with van der Waals surface area (Å²) in [6, 6.07) is 24.4. The van der Waals surface area contributed by atoms with E-state index >= 15 is 0 Å². The van der Waals surface area contributed by atoms with Crippen molar-refractivity contribution in [2.75, 3.05) is 26.7 Å². The molecule has 1 saturated heterocycles. The Bertz CT molecular complexity index is 1540. The summed E-state index contributed by atoms with van der Waals surface area (Å²) in [5, 5.41) is 23.7. The first-order valence-electron chi connectivity index (χ1n) is 17.8. The summed E-state index contributed by atoms with van der Waals surface area (Å²) in [6.45, 7) is 7.15. The number of fused-ring (bicyclic) bond motifs is 8. The Labute approximate surface area is 281 Å². The van der Waals surface area contributed by atoms with Crippen LogP contribution in [0.15, 0.2) is 84.4 Å². The first kappa shape index (κ1) is 33.6. The summed E-state index contributed by atoms with van der Waals surface area (Å²) in [4.78, 5) is 16.8. The highest BCUT2D eigenvalue weighted by Crippen LogP contribution is 2.59. The van der Waals surface area contributed by atoms with E-state index < -0.39 is 17.1 Å². The van der Waals surface area contributed by atoms with Crippen molar-refractivity contribution in [1.82, 2.24) is 4.90 Å². The number of piperidine rings is 1. The van der Waals surface area contributed by atoms with Crippen molar-refractivity contribution in [3.8, 4) is 5.75 Å². The van der Waals surface area contributed by atoms with Gasteiger partial charge in [0.15, 0.2) is 5.78 Å². The molecule has 47 heavy (non-hydrogen) atoms. The molecule has 1 heterocycles. The lowest BCUT2D eigenvalue weighted by molar-refractivity contribution is -0.0873. The topological polar surface area (TPSA) is 70.0 Å². The highest BCUT2D eigenvalue weighted by Gasteiger charge is 2.57. The molecular weight excluding hydrogens is 582 g/mol. The summed E-state index contributed by atoms with van der Waals surface area (Å²) in [5.41, 5.74) is 4.77. The number of aliphatic hydroxyl groups is 2. The minimum Gasteiger partial charge on any atom is -0.497 e. The summed E-state index contributed by atoms with van der Waals surface area (Å²) < 4.78 is 5.35. The van der Waals surface area contributed by atoms with Crippen LogP contribution in [0.5, 0.6) is 5.75 Å². The molecule has 7 rings (SSSR count). The maximum atomic E-state index is 14.3. The fourth-order valence-corrected chi connectivity index (χ4v) is 8.76. The van der Waals surface area contributed by atoms with E-state index in [2.05, 4.69) is 67.3 Å². The van der Waals surface area contributed by atoms with E-state index in [1.807, 2.05) is 30.3 Å². The van der Waals surface area contributed by atoms with Gasteiger partial charge in [-0.25, -0.2) is 0 Å². The zero-order chi connectivity index (χ0) is 33.0. The Hall–Kier alpha value is -3.25. The summed E-state index contributed by atoms with van der Waals surface area (Å²) >= 11 is 0. The zero-order valence-corrected chi connectivity index (χ0v) is 28.6. The summed E-state index contributed by atoms with van der Waals surface area (Å²) in [5.74, 6) is 1.42. The highest BCUT2D eigenvalue weighted by atomic mass is 16.5. The van der Waals surface area contributed by atoms with Crippen LogP contribution in [-0.4, -0.2) is 59.3 Å². The molecule has 0 aromatic heterocycles. The number of methoxy groups -OCH3 is 1. The van der Waals surface area contributed by atoms with Crippen LogP contribution in [0.2, 0.25) is 0 Å². The number of hydrogen-bond donors (Lipinski definition) is 2. The van der Waals surface area contributed by atoms with Crippen molar-refractivity contribution < 1.29 is 19.7 Å². The molecular formula is C42H53NO4. The van der Waals surface area contributed by atoms with Crippen LogP contribution in [0.3, 0.4) is 0 Å². The van der Waals surface area contributed by atoms with Gasteiger partial charge < -0.3 is 19.8 Å². The van der Waals surface area contributed by atoms with Crippen LogP contribution in [0, 0.1) is 11.3 Å². The van der Waals surface area contributed by atoms with E-state index in [-0.39, 0.29) is 11.7 Å². The zero-order valence-electron chi connectivity index (χ0n) is 28.6. The molecule has 0 amide bonds. The molecule has 5 nitrogen and oxygen atoms in total. The standard InChI is InChI=1S/C42H53NO4/c1-30-8-7-22-41(2)39(19-23-42(41,46)29-43-24-20-32(21-25-43)26-31-9-5-4-6-10-31)37-18-12-33(27-35(44)15-11-30)28-38(37)40(45)34-13-16-36(47-3)17-14-34/h4-6,8-10,12-14,16-18,28,32,35,39,44,46H,7,11,15,19-27,29H2,1-3H3. The molecule has 4 atom stereocenters. The smallest absolute Gasteiger partial charge is 0.193 e. The molecule has 2 N–H and O–H groups in total. The van der Waals surface area contributed by atoms with Crippen molar-refractivity contribution in [3.05, 3.63) is 112 Å². The first-order valence-corrected chi connectivity index (χ1v) is 17.8. The minimum absolute atomic E-state index is 0.0138. The number of ether oxygens (including phenoxy) is 1. The van der Waals surface area contributed by atoms with Gasteiger partial charge in [0.2, 0.25) is 0 Å². The number of ketones is 1. The van der Waals surface area contributed by atoms with E-state index in [1.165, 1.54) is 11.1 Å². The van der Waals surface area contributed by atoms with Crippen LogP contribution >= 0.6 is 0 Å². The van der Waals surface area contributed by atoms with Crippen LogP contribution in [-0.2, 0) is 12.8 Å². The maximum Gasteiger partial charge on any atom is 0.193 e. The first-order chi connectivity index (χ1) is 22.7. The fraction of sp³-hybridized carbons (Fsp3) is 0.500. The number of allylic oxidation sites excluding steroid dienone is 2. The van der Waals surface area contributed by atoms with E-state index in [0.29, 0.717) is 42.2 Å². The molecule has 3 aromatic rings. The average molecular weight is 636 g/mol. The quantitative estimate of drug-likeness (QED) is 0.204. The third-order valence-corrected chi connectivity index (χ3v) is 11.8. The predicted octanol–water partition coefficient (Wildman–Crippen LogP) is 7.92. The maximum absolute atomic E-state index is 14.3. The number of aliphatic hydroxyl groups excluding tert-OH is 1. The van der Waals surface area contributed by atoms with Crippen molar-refractivity contribution in [1.29, 1.82) is 0 Å². The Morgan fingerprint density at radius 1 is 0.957 bits per heavy atom. The fourth-order valence-electron chi connectivity index (χ4n) is 8.76. The number of rotatable bonds is 7. The van der Waals surface area contributed by atoms with E-state index in [1.54, 1.807) is 7.11 Å². The van der Waals surface area contributed by atoms with Crippen LogP contribution < -0.4 is 4.74 Å². The normalized spacial score (nSPS) is 27.6. The number of benzene rings is 3. The SMILES string of the molecule is COc1ccc(C(=O)c2cc3ccc2C2CCC(O)(CN4CCC(Cc5ccccc5)CC4)C2(C)CCC=C(C)CCC(O)C3)cc1. The molecule has 3 aliphatic carbocycles. The highest BCUT2D eigenvalue weighted by molar-refractivity contribution is 6.10. The summed E-state index contributed by atoms with van der Waals surface area (Å²) in [6.07, 6.45) is 10.6. The lowest BCUT2D eigenvalue weighted by Crippen LogP contribution is -2.53. The molecule has 1 aliphatic heterocycles. The van der Waals surface area contributed by atoms with E-state index in [0.717, 1.165) is 75.6 Å². The van der Waals surface area contributed by atoms with Gasteiger partial charge in [-0.05, 0) is 143 Å². The van der Waals surface area contributed by atoms with E-state index in [9.17, 15) is 15.0 Å². The monoisotopic (exact) mass is 635 g/mol. The van der Waals surface area contributed by atoms with Gasteiger partial charge in [-0.15, -0.1) is 0 Å². The number of β-amino-alcohol motifs (C(OH)–C–C–N with tert-alkyl or cyclic N) is 1. The van der Waals surface area contributed by atoms with Gasteiger partial charge in [0, 0.05) is 23.1 Å². The second kappa shape index (κ2) is 14.5. The van der Waals surface area contributed by atoms with Gasteiger partial charge in [-0.2, -0.15) is 0 Å². The largest absolute Gasteiger partial charge is 0.497 e. The molecule has 2 fully saturated rings. The van der Waals surface area contributed by atoms with Crippen LogP contribution in [0.25, 0.3) is 0 Å². The van der Waals surface area contributed by atoms with Gasteiger partial charge in [-0.3, -0.25) is 4.79 Å². The molecule has 3 aromatic carbocycles. The van der Waals surface area contributed by atoms with Gasteiger partial charge >= 0.3 is 0 Å². The van der Waals surface area contributed by atoms with Crippen LogP contribution in [0.1, 0.15) is 104 Å². The lowest BCUT2D eigenvalue weighted by Gasteiger charge is -2.47. The molecule has 4 unspecified atom stereocenters. The van der Waals surface area contributed by atoms with Crippen molar-refractivity contribution >= 4 is 5.78 Å². The number of carbonyl (C=O) groups excluding carboxylic acids is 1. The summed E-state index contributed by atoms with van der Waals surface area (Å²) in [7, 11) is 1.63. The van der Waals surface area contributed by atoms with Crippen molar-refractivity contribution in [2.24, 2.45) is 11.3 Å². The molecule has 5 heteroatoms. The number of nitrogens with zero attached hydrogens (tertiary/aromatic N) is 1. The van der Waals surface area contributed by atoms with Crippen LogP contribution in [0.4, 0.5) is 0 Å². The third kappa shape index (κ3) is 7.43. The Morgan fingerprint density at radius 3 is 2.43 bits per heavy atom. The third-order valence-electron chi connectivity index (χ3n) is 11.8. The minimum atomic E-state index is -0.863. The Kier molecular flexibility index (Phi) is 10.4. The second-order valence-corrected chi connectivity index (χ2v) is 14.9. The van der Waals surface area contributed by atoms with Gasteiger partial charge in [0.1, 0.15) is 5.75 Å². The second-order valence-electron chi connectivity index (χ2n) is 14.9. The van der Waals surface area contributed by atoms with Gasteiger partial charge in [0.05, 0.1) is 18.8 Å². The molecule has 4 aliphatic rings. The Morgan fingerprint density at radius 2 is 1.70 bits per heavy atom. The molecule has 1 saturated carbocycles. The predicted molar refractivity (Wildman–Crippen MR) is 189 cm³/mol. The van der Waals surface area contributed by atoms with Gasteiger partial charge in [0.25, 0.3) is 0 Å².